The van der Waals surface area contributed by atoms with Gasteiger partial charge in [-0.3, -0.25) is 10.1 Å². The minimum atomic E-state index is -0.685. The monoisotopic (exact) mass is 314 g/mol. The third-order valence-corrected chi connectivity index (χ3v) is 3.65. The average molecular weight is 315 g/mol. The lowest BCUT2D eigenvalue weighted by molar-refractivity contribution is -0.384. The number of rotatable bonds is 4. The second-order valence-corrected chi connectivity index (χ2v) is 5.64. The van der Waals surface area contributed by atoms with Gasteiger partial charge in [-0.1, -0.05) is 29.3 Å². The van der Waals surface area contributed by atoms with Crippen LogP contribution in [-0.2, 0) is 0 Å². The largest absolute Gasteiger partial charge is 0.386 e. The van der Waals surface area contributed by atoms with Crippen LogP contribution in [0.4, 0.5) is 11.4 Å². The molecule has 0 bridgehead atoms. The Labute approximate surface area is 114 Å². The first-order valence-corrected chi connectivity index (χ1v) is 6.66. The highest BCUT2D eigenvalue weighted by atomic mass is 79.9. The maximum Gasteiger partial charge on any atom is 0.293 e. The Kier molecular flexibility index (Phi) is 3.59. The van der Waals surface area contributed by atoms with Crippen LogP contribution >= 0.6 is 15.9 Å². The lowest BCUT2D eigenvalue weighted by atomic mass is 9.88. The van der Waals surface area contributed by atoms with Crippen LogP contribution < -0.4 is 4.90 Å². The van der Waals surface area contributed by atoms with Gasteiger partial charge in [0.25, 0.3) is 5.69 Å². The highest BCUT2D eigenvalue weighted by molar-refractivity contribution is 9.10. The molecule has 0 amide bonds. The van der Waals surface area contributed by atoms with Crippen LogP contribution in [0.5, 0.6) is 0 Å². The van der Waals surface area contributed by atoms with E-state index in [0.717, 1.165) is 12.8 Å². The first-order valence-electron chi connectivity index (χ1n) is 5.86. The Bertz CT molecular complexity index is 472. The fourth-order valence-electron chi connectivity index (χ4n) is 2.37. The summed E-state index contributed by atoms with van der Waals surface area (Å²) in [5.74, 6) is 0. The topological polar surface area (TPSA) is 66.6 Å². The van der Waals surface area contributed by atoms with E-state index in [-0.39, 0.29) is 5.69 Å². The minimum absolute atomic E-state index is 0.0722. The van der Waals surface area contributed by atoms with Gasteiger partial charge in [-0.25, -0.2) is 0 Å². The molecule has 0 saturated carbocycles. The van der Waals surface area contributed by atoms with Crippen LogP contribution in [0.25, 0.3) is 0 Å². The van der Waals surface area contributed by atoms with Gasteiger partial charge in [0.05, 0.1) is 10.5 Å². The predicted molar refractivity (Wildman–Crippen MR) is 72.9 cm³/mol. The fraction of sp³-hybridized carbons (Fsp3) is 0.500. The van der Waals surface area contributed by atoms with Gasteiger partial charge in [0.2, 0.25) is 0 Å². The van der Waals surface area contributed by atoms with Crippen LogP contribution in [0, 0.1) is 10.1 Å². The Morgan fingerprint density at radius 3 is 2.78 bits per heavy atom. The van der Waals surface area contributed by atoms with Gasteiger partial charge in [-0.05, 0) is 18.6 Å². The maximum atomic E-state index is 11.0. The van der Waals surface area contributed by atoms with E-state index in [1.165, 1.54) is 6.07 Å². The number of anilines is 1. The molecule has 1 aromatic carbocycles. The van der Waals surface area contributed by atoms with E-state index < -0.39 is 10.5 Å². The molecule has 18 heavy (non-hydrogen) atoms. The number of halogens is 1. The Balaban J connectivity index is 2.19. The van der Waals surface area contributed by atoms with Gasteiger partial charge in [0, 0.05) is 23.6 Å². The predicted octanol–water partition coefficient (Wildman–Crippen LogP) is 2.71. The van der Waals surface area contributed by atoms with Crippen molar-refractivity contribution in [1.82, 2.24) is 0 Å². The van der Waals surface area contributed by atoms with Crippen LogP contribution in [0.1, 0.15) is 19.8 Å². The molecule has 1 fully saturated rings. The Hall–Kier alpha value is -1.14. The van der Waals surface area contributed by atoms with Crippen molar-refractivity contribution < 1.29 is 10.0 Å². The molecule has 0 aliphatic carbocycles. The van der Waals surface area contributed by atoms with Gasteiger partial charge in [-0.15, -0.1) is 0 Å². The lowest BCUT2D eigenvalue weighted by Crippen LogP contribution is -2.62. The molecule has 1 saturated heterocycles. The third-order valence-electron chi connectivity index (χ3n) is 3.16. The highest BCUT2D eigenvalue weighted by Gasteiger charge is 2.42. The molecule has 5 nitrogen and oxygen atoms in total. The summed E-state index contributed by atoms with van der Waals surface area (Å²) >= 11 is 3.23. The molecule has 1 aliphatic heterocycles. The summed E-state index contributed by atoms with van der Waals surface area (Å²) in [7, 11) is 0. The molecule has 1 aromatic rings. The number of aliphatic hydroxyl groups is 1. The number of β-amino-alcohol motifs (C(OH)–C–C–N with tert-alkyl or cyclic N) is 1. The molecule has 1 aliphatic rings. The van der Waals surface area contributed by atoms with Crippen molar-refractivity contribution in [3.05, 3.63) is 32.8 Å². The molecule has 6 heteroatoms. The van der Waals surface area contributed by atoms with E-state index in [2.05, 4.69) is 15.9 Å². The van der Waals surface area contributed by atoms with Crippen LogP contribution in [0.2, 0.25) is 0 Å². The molecule has 0 radical (unpaired) electrons. The van der Waals surface area contributed by atoms with Crippen molar-refractivity contribution >= 4 is 27.3 Å². The number of hydrogen-bond acceptors (Lipinski definition) is 4. The quantitative estimate of drug-likeness (QED) is 0.685. The molecule has 1 N–H and O–H groups in total. The fourth-order valence-corrected chi connectivity index (χ4v) is 2.72. The third kappa shape index (κ3) is 2.49. The highest BCUT2D eigenvalue weighted by Crippen LogP contribution is 2.37. The van der Waals surface area contributed by atoms with Crippen molar-refractivity contribution in [2.24, 2.45) is 0 Å². The number of benzene rings is 1. The van der Waals surface area contributed by atoms with E-state index in [4.69, 9.17) is 0 Å². The molecule has 0 aromatic heterocycles. The van der Waals surface area contributed by atoms with Crippen molar-refractivity contribution in [1.29, 1.82) is 0 Å². The number of nitrogens with zero attached hydrogens (tertiary/aromatic N) is 2. The zero-order valence-electron chi connectivity index (χ0n) is 10.1. The van der Waals surface area contributed by atoms with E-state index in [1.54, 1.807) is 12.1 Å². The first-order chi connectivity index (χ1) is 8.45. The van der Waals surface area contributed by atoms with Gasteiger partial charge >= 0.3 is 0 Å². The second kappa shape index (κ2) is 4.85. The lowest BCUT2D eigenvalue weighted by Gasteiger charge is -2.47. The summed E-state index contributed by atoms with van der Waals surface area (Å²) < 4.78 is 0.683. The average Bonchev–Trinajstić information content (AvgIpc) is 2.26. The van der Waals surface area contributed by atoms with Gasteiger partial charge in [0.15, 0.2) is 0 Å². The normalized spacial score (nSPS) is 17.4. The van der Waals surface area contributed by atoms with Gasteiger partial charge in [0.1, 0.15) is 5.69 Å². The molecule has 98 valence electrons. The zero-order chi connectivity index (χ0) is 13.3. The summed E-state index contributed by atoms with van der Waals surface area (Å²) in [6.45, 7) is 2.94. The standard InChI is InChI=1S/C12H15BrN2O3/c1-2-5-12(16)7-14(8-12)10-4-3-9(13)6-11(10)15(17)18/h3-4,6,16H,2,5,7-8H2,1H3. The maximum absolute atomic E-state index is 11.0. The molecule has 0 spiro atoms. The molecular formula is C12H15BrN2O3. The van der Waals surface area contributed by atoms with Crippen LogP contribution in [0.3, 0.4) is 0 Å². The number of hydrogen-bond donors (Lipinski definition) is 1. The summed E-state index contributed by atoms with van der Waals surface area (Å²) in [5, 5.41) is 21.1. The zero-order valence-corrected chi connectivity index (χ0v) is 11.7. The molecule has 1 heterocycles. The first kappa shape index (κ1) is 13.3. The van der Waals surface area contributed by atoms with E-state index in [0.29, 0.717) is 23.2 Å². The summed E-state index contributed by atoms with van der Waals surface area (Å²) in [6.07, 6.45) is 1.64. The molecular weight excluding hydrogens is 300 g/mol. The van der Waals surface area contributed by atoms with Crippen molar-refractivity contribution in [2.75, 3.05) is 18.0 Å². The summed E-state index contributed by atoms with van der Waals surface area (Å²) in [5.41, 5.74) is -0.0396. The van der Waals surface area contributed by atoms with E-state index >= 15 is 0 Å². The SMILES string of the molecule is CCCC1(O)CN(c2ccc(Br)cc2[N+](=O)[O-])C1. The summed E-state index contributed by atoms with van der Waals surface area (Å²) in [4.78, 5) is 12.5. The number of nitro benzene ring substituents is 1. The van der Waals surface area contributed by atoms with Crippen molar-refractivity contribution in [3.63, 3.8) is 0 Å². The second-order valence-electron chi connectivity index (χ2n) is 4.72. The van der Waals surface area contributed by atoms with Crippen LogP contribution in [0.15, 0.2) is 22.7 Å². The van der Waals surface area contributed by atoms with Gasteiger partial charge in [-0.2, -0.15) is 0 Å². The smallest absolute Gasteiger partial charge is 0.293 e. The Morgan fingerprint density at radius 1 is 1.56 bits per heavy atom. The molecule has 0 unspecified atom stereocenters. The summed E-state index contributed by atoms with van der Waals surface area (Å²) in [6, 6.07) is 4.99. The van der Waals surface area contributed by atoms with Crippen molar-refractivity contribution in [2.45, 2.75) is 25.4 Å². The van der Waals surface area contributed by atoms with E-state index in [1.807, 2.05) is 11.8 Å². The molecule has 0 atom stereocenters. The van der Waals surface area contributed by atoms with Crippen LogP contribution in [-0.4, -0.2) is 28.7 Å². The minimum Gasteiger partial charge on any atom is -0.386 e. The van der Waals surface area contributed by atoms with E-state index in [9.17, 15) is 15.2 Å². The van der Waals surface area contributed by atoms with Crippen molar-refractivity contribution in [3.8, 4) is 0 Å². The Morgan fingerprint density at radius 2 is 2.22 bits per heavy atom. The molecule has 2 rings (SSSR count). The van der Waals surface area contributed by atoms with Gasteiger partial charge < -0.3 is 10.0 Å². The number of nitro groups is 1.